The Hall–Kier alpha value is -2.00. The van der Waals surface area contributed by atoms with E-state index in [0.29, 0.717) is 22.3 Å². The summed E-state index contributed by atoms with van der Waals surface area (Å²) in [4.78, 5) is 14.0. The van der Waals surface area contributed by atoms with Crippen molar-refractivity contribution in [1.82, 2.24) is 4.90 Å². The molecule has 0 saturated carbocycles. The number of nitriles is 1. The lowest BCUT2D eigenvalue weighted by Gasteiger charge is -2.31. The number of halogens is 1. The summed E-state index contributed by atoms with van der Waals surface area (Å²) in [7, 11) is 0. The molecule has 6 heteroatoms. The fraction of sp³-hybridized carbons (Fsp3) is 0.333. The second-order valence-electron chi connectivity index (χ2n) is 6.79. The highest BCUT2D eigenvalue weighted by Crippen LogP contribution is 2.28. The van der Waals surface area contributed by atoms with Gasteiger partial charge in [0.25, 0.3) is 0 Å². The van der Waals surface area contributed by atoms with E-state index in [2.05, 4.69) is 6.07 Å². The van der Waals surface area contributed by atoms with Crippen LogP contribution < -0.4 is 0 Å². The third-order valence-electron chi connectivity index (χ3n) is 4.98. The van der Waals surface area contributed by atoms with Gasteiger partial charge in [-0.2, -0.15) is 5.26 Å². The van der Waals surface area contributed by atoms with Crippen molar-refractivity contribution in [3.63, 3.8) is 0 Å². The van der Waals surface area contributed by atoms with Crippen molar-refractivity contribution >= 4 is 28.7 Å². The molecule has 2 aromatic rings. The number of rotatable bonds is 4. The first kappa shape index (κ1) is 19.8. The van der Waals surface area contributed by atoms with Gasteiger partial charge >= 0.3 is 0 Å². The summed E-state index contributed by atoms with van der Waals surface area (Å²) in [5.74, 6) is 1.11. The molecule has 0 aliphatic carbocycles. The third-order valence-corrected chi connectivity index (χ3v) is 6.78. The van der Waals surface area contributed by atoms with Crippen LogP contribution in [0, 0.1) is 17.2 Å². The average molecular weight is 401 g/mol. The molecule has 1 aliphatic heterocycles. The number of amides is 1. The molecule has 1 atom stereocenters. The molecule has 1 amide bonds. The summed E-state index contributed by atoms with van der Waals surface area (Å²) in [5, 5.41) is 9.83. The summed E-state index contributed by atoms with van der Waals surface area (Å²) in [5.41, 5.74) is 2.24. The number of benzene rings is 2. The Morgan fingerprint density at radius 2 is 1.93 bits per heavy atom. The second kappa shape index (κ2) is 8.79. The topological polar surface area (TPSA) is 67.2 Å². The maximum atomic E-state index is 12.7. The molecule has 0 N–H and O–H groups in total. The van der Waals surface area contributed by atoms with Gasteiger partial charge < -0.3 is 9.45 Å². The van der Waals surface area contributed by atoms with Gasteiger partial charge in [0, 0.05) is 31.0 Å². The molecule has 27 heavy (non-hydrogen) atoms. The number of carbonyl (C=O) groups is 1. The Bertz CT molecular complexity index is 855. The zero-order valence-corrected chi connectivity index (χ0v) is 16.7. The van der Waals surface area contributed by atoms with E-state index in [9.17, 15) is 14.6 Å². The van der Waals surface area contributed by atoms with E-state index in [0.717, 1.165) is 42.0 Å². The molecule has 1 aliphatic rings. The number of hydrogen-bond donors (Lipinski definition) is 0. The van der Waals surface area contributed by atoms with Crippen molar-refractivity contribution in [3.05, 3.63) is 53.1 Å². The zero-order chi connectivity index (χ0) is 19.4. The van der Waals surface area contributed by atoms with Crippen molar-refractivity contribution in [3.8, 4) is 17.2 Å². The minimum Gasteiger partial charge on any atom is -0.611 e. The van der Waals surface area contributed by atoms with E-state index < -0.39 is 11.2 Å². The van der Waals surface area contributed by atoms with Gasteiger partial charge in [-0.05, 0) is 71.5 Å². The molecule has 0 spiro atoms. The molecule has 2 aromatic carbocycles. The lowest BCUT2D eigenvalue weighted by atomic mass is 9.99. The lowest BCUT2D eigenvalue weighted by molar-refractivity contribution is -0.130. The number of nitrogens with zero attached hydrogens (tertiary/aromatic N) is 2. The van der Waals surface area contributed by atoms with Gasteiger partial charge in [0.05, 0.1) is 11.6 Å². The predicted octanol–water partition coefficient (Wildman–Crippen LogP) is 4.24. The van der Waals surface area contributed by atoms with E-state index in [1.165, 1.54) is 0 Å². The van der Waals surface area contributed by atoms with Gasteiger partial charge in [0.2, 0.25) is 5.91 Å². The predicted molar refractivity (Wildman–Crippen MR) is 108 cm³/mol. The summed E-state index contributed by atoms with van der Waals surface area (Å²) < 4.78 is 12.7. The first-order chi connectivity index (χ1) is 13.0. The Kier molecular flexibility index (Phi) is 6.43. The minimum atomic E-state index is -1.07. The third kappa shape index (κ3) is 4.84. The lowest BCUT2D eigenvalue weighted by Crippen LogP contribution is -2.38. The van der Waals surface area contributed by atoms with Crippen molar-refractivity contribution in [1.29, 1.82) is 5.26 Å². The molecule has 0 bridgehead atoms. The van der Waals surface area contributed by atoms with E-state index in [4.69, 9.17) is 11.6 Å². The molecule has 3 rings (SSSR count). The zero-order valence-electron chi connectivity index (χ0n) is 15.2. The molecule has 1 unspecified atom stereocenters. The van der Waals surface area contributed by atoms with Crippen LogP contribution in [-0.4, -0.2) is 34.2 Å². The SMILES string of the molecule is CC(=O)N1CCC(C[S+]([O-])c2ccc(-c3ccc(Cl)cc3C#N)cc2)CC1. The summed E-state index contributed by atoms with van der Waals surface area (Å²) in [6.07, 6.45) is 1.80. The van der Waals surface area contributed by atoms with Gasteiger partial charge in [-0.25, -0.2) is 0 Å². The number of hydrogen-bond acceptors (Lipinski definition) is 3. The highest BCUT2D eigenvalue weighted by molar-refractivity contribution is 7.91. The van der Waals surface area contributed by atoms with Crippen LogP contribution in [0.1, 0.15) is 25.3 Å². The Labute approximate surface area is 167 Å². The van der Waals surface area contributed by atoms with Crippen LogP contribution in [-0.2, 0) is 16.0 Å². The number of likely N-dealkylation sites (tertiary alicyclic amines) is 1. The molecule has 140 valence electrons. The molecule has 1 fully saturated rings. The molecule has 0 aromatic heterocycles. The van der Waals surface area contributed by atoms with Crippen LogP contribution in [0.25, 0.3) is 11.1 Å². The van der Waals surface area contributed by atoms with Gasteiger partial charge in [0.15, 0.2) is 4.90 Å². The highest BCUT2D eigenvalue weighted by Gasteiger charge is 2.25. The maximum absolute atomic E-state index is 12.7. The summed E-state index contributed by atoms with van der Waals surface area (Å²) in [6, 6.07) is 14.9. The summed E-state index contributed by atoms with van der Waals surface area (Å²) >= 11 is 4.89. The number of carbonyl (C=O) groups excluding carboxylic acids is 1. The molecule has 0 radical (unpaired) electrons. The Morgan fingerprint density at radius 1 is 1.26 bits per heavy atom. The van der Waals surface area contributed by atoms with Crippen LogP contribution in [0.3, 0.4) is 0 Å². The normalized spacial score (nSPS) is 16.0. The minimum absolute atomic E-state index is 0.115. The van der Waals surface area contributed by atoms with Gasteiger partial charge in [0.1, 0.15) is 5.75 Å². The molecule has 4 nitrogen and oxygen atoms in total. The van der Waals surface area contributed by atoms with Crippen molar-refractivity contribution in [2.45, 2.75) is 24.7 Å². The first-order valence-electron chi connectivity index (χ1n) is 8.92. The van der Waals surface area contributed by atoms with Crippen LogP contribution in [0.4, 0.5) is 0 Å². The van der Waals surface area contributed by atoms with Crippen LogP contribution in [0.2, 0.25) is 5.02 Å². The molecular formula is C21H21ClN2O2S. The average Bonchev–Trinajstić information content (AvgIpc) is 2.68. The van der Waals surface area contributed by atoms with E-state index >= 15 is 0 Å². The van der Waals surface area contributed by atoms with Crippen molar-refractivity contribution in [2.24, 2.45) is 5.92 Å². The number of piperidine rings is 1. The van der Waals surface area contributed by atoms with Crippen LogP contribution >= 0.6 is 11.6 Å². The summed E-state index contributed by atoms with van der Waals surface area (Å²) in [6.45, 7) is 3.10. The Balaban J connectivity index is 1.65. The Morgan fingerprint density at radius 3 is 2.52 bits per heavy atom. The smallest absolute Gasteiger partial charge is 0.219 e. The highest BCUT2D eigenvalue weighted by atomic mass is 35.5. The largest absolute Gasteiger partial charge is 0.611 e. The first-order valence-corrected chi connectivity index (χ1v) is 10.6. The van der Waals surface area contributed by atoms with Crippen LogP contribution in [0.15, 0.2) is 47.4 Å². The van der Waals surface area contributed by atoms with Gasteiger partial charge in [-0.3, -0.25) is 4.79 Å². The van der Waals surface area contributed by atoms with E-state index in [-0.39, 0.29) is 5.91 Å². The monoisotopic (exact) mass is 400 g/mol. The molecule has 1 heterocycles. The second-order valence-corrected chi connectivity index (χ2v) is 8.72. The maximum Gasteiger partial charge on any atom is 0.219 e. The van der Waals surface area contributed by atoms with Crippen LogP contribution in [0.5, 0.6) is 0 Å². The van der Waals surface area contributed by atoms with E-state index in [1.807, 2.05) is 35.2 Å². The fourth-order valence-electron chi connectivity index (χ4n) is 3.37. The van der Waals surface area contributed by atoms with Gasteiger partial charge in [-0.1, -0.05) is 17.7 Å². The van der Waals surface area contributed by atoms with Gasteiger partial charge in [-0.15, -0.1) is 0 Å². The fourth-order valence-corrected chi connectivity index (χ4v) is 4.94. The molecular weight excluding hydrogens is 380 g/mol. The standard InChI is InChI=1S/C21H21ClN2O2S/c1-15(25)24-10-8-16(9-11-24)14-27(26)20-5-2-17(3-6-20)21-7-4-19(22)12-18(21)13-23/h2-7,12,16H,8-11,14H2,1H3. The molecule has 1 saturated heterocycles. The van der Waals surface area contributed by atoms with E-state index in [1.54, 1.807) is 19.1 Å². The van der Waals surface area contributed by atoms with Crippen molar-refractivity contribution < 1.29 is 9.35 Å². The van der Waals surface area contributed by atoms with Crippen molar-refractivity contribution in [2.75, 3.05) is 18.8 Å². The quantitative estimate of drug-likeness (QED) is 0.720.